The molecule has 1 aromatic rings. The molecule has 0 saturated heterocycles. The lowest BCUT2D eigenvalue weighted by atomic mass is 10.0. The van der Waals surface area contributed by atoms with E-state index in [-0.39, 0.29) is 5.56 Å². The number of ether oxygens (including phenoxy) is 1. The smallest absolute Gasteiger partial charge is 0.338 e. The molecule has 1 rings (SSSR count). The van der Waals surface area contributed by atoms with Gasteiger partial charge in [0.2, 0.25) is 0 Å². The molecule has 0 bridgehead atoms. The van der Waals surface area contributed by atoms with E-state index >= 15 is 0 Å². The Kier molecular flexibility index (Phi) is 4.73. The van der Waals surface area contributed by atoms with Crippen molar-refractivity contribution in [2.45, 2.75) is 6.42 Å². The largest absolute Gasteiger partial charge is 0.465 e. The molecule has 5 heteroatoms. The highest BCUT2D eigenvalue weighted by Crippen LogP contribution is 2.23. The summed E-state index contributed by atoms with van der Waals surface area (Å²) in [5.41, 5.74) is 0.644. The topological polar surface area (TPSA) is 26.3 Å². The first-order valence-corrected chi connectivity index (χ1v) is 6.14. The van der Waals surface area contributed by atoms with Crippen LogP contribution in [0.5, 0.6) is 0 Å². The maximum absolute atomic E-state index is 13.7. The molecule has 82 valence electrons. The molecule has 0 aliphatic heterocycles. The minimum absolute atomic E-state index is 0.276. The summed E-state index contributed by atoms with van der Waals surface area (Å²) in [4.78, 5) is 11.4. The third kappa shape index (κ3) is 2.78. The number of carbonyl (C=O) groups excluding carboxylic acids is 1. The third-order valence-corrected chi connectivity index (χ3v) is 2.95. The lowest BCUT2D eigenvalue weighted by Crippen LogP contribution is -2.08. The summed E-state index contributed by atoms with van der Waals surface area (Å²) in [5, 5.41) is 0.588. The maximum Gasteiger partial charge on any atom is 0.338 e. The van der Waals surface area contributed by atoms with Crippen LogP contribution in [0.25, 0.3) is 0 Å². The molecule has 0 radical (unpaired) electrons. The molecule has 0 aliphatic carbocycles. The summed E-state index contributed by atoms with van der Waals surface area (Å²) < 4.78 is 18.6. The average molecular weight is 340 g/mol. The van der Waals surface area contributed by atoms with Crippen LogP contribution in [0, 0.1) is 5.82 Å². The van der Waals surface area contributed by atoms with Crippen LogP contribution in [0.2, 0.25) is 0 Å². The van der Waals surface area contributed by atoms with Gasteiger partial charge in [-0.2, -0.15) is 0 Å². The van der Waals surface area contributed by atoms with Crippen LogP contribution in [-0.2, 0) is 11.2 Å². The van der Waals surface area contributed by atoms with E-state index in [1.807, 2.05) is 0 Å². The normalized spacial score (nSPS) is 10.1. The molecular formula is C10H9Br2FO2. The van der Waals surface area contributed by atoms with E-state index in [9.17, 15) is 9.18 Å². The van der Waals surface area contributed by atoms with Crippen molar-refractivity contribution >= 4 is 37.8 Å². The molecule has 0 atom stereocenters. The Labute approximate surface area is 104 Å². The predicted molar refractivity (Wildman–Crippen MR) is 62.9 cm³/mol. The van der Waals surface area contributed by atoms with Gasteiger partial charge in [-0.25, -0.2) is 9.18 Å². The minimum atomic E-state index is -0.516. The maximum atomic E-state index is 13.7. The highest BCUT2D eigenvalue weighted by atomic mass is 79.9. The predicted octanol–water partition coefficient (Wildman–Crippen LogP) is 3.31. The SMILES string of the molecule is COC(=O)c1ccc(Br)c(F)c1CCBr. The summed E-state index contributed by atoms with van der Waals surface area (Å²) >= 11 is 6.29. The van der Waals surface area contributed by atoms with Crippen molar-refractivity contribution < 1.29 is 13.9 Å². The molecular weight excluding hydrogens is 331 g/mol. The number of methoxy groups -OCH3 is 1. The van der Waals surface area contributed by atoms with Crippen LogP contribution in [0.3, 0.4) is 0 Å². The zero-order chi connectivity index (χ0) is 11.4. The molecule has 0 amide bonds. The first kappa shape index (κ1) is 12.6. The number of benzene rings is 1. The molecule has 1 aromatic carbocycles. The van der Waals surface area contributed by atoms with Gasteiger partial charge in [-0.3, -0.25) is 0 Å². The lowest BCUT2D eigenvalue weighted by molar-refractivity contribution is 0.0599. The van der Waals surface area contributed by atoms with E-state index in [0.717, 1.165) is 0 Å². The Morgan fingerprint density at radius 2 is 2.20 bits per heavy atom. The summed E-state index contributed by atoms with van der Waals surface area (Å²) in [6.45, 7) is 0. The number of esters is 1. The van der Waals surface area contributed by atoms with Crippen LogP contribution < -0.4 is 0 Å². The fourth-order valence-electron chi connectivity index (χ4n) is 1.23. The molecule has 0 unspecified atom stereocenters. The highest BCUT2D eigenvalue weighted by molar-refractivity contribution is 9.10. The third-order valence-electron chi connectivity index (χ3n) is 1.95. The standard InChI is InChI=1S/C10H9Br2FO2/c1-15-10(14)7-2-3-8(12)9(13)6(7)4-5-11/h2-3H,4-5H2,1H3. The van der Waals surface area contributed by atoms with Gasteiger partial charge in [0.25, 0.3) is 0 Å². The summed E-state index contributed by atoms with van der Waals surface area (Å²) in [6.07, 6.45) is 0.440. The van der Waals surface area contributed by atoms with E-state index in [4.69, 9.17) is 0 Å². The zero-order valence-corrected chi connectivity index (χ0v) is 11.2. The van der Waals surface area contributed by atoms with Crippen molar-refractivity contribution in [1.82, 2.24) is 0 Å². The van der Waals surface area contributed by atoms with Crippen molar-refractivity contribution in [3.8, 4) is 0 Å². The molecule has 0 aromatic heterocycles. The monoisotopic (exact) mass is 338 g/mol. The van der Waals surface area contributed by atoms with Gasteiger partial charge in [0.1, 0.15) is 5.82 Å². The van der Waals surface area contributed by atoms with Crippen LogP contribution >= 0.6 is 31.9 Å². The Morgan fingerprint density at radius 1 is 1.53 bits per heavy atom. The van der Waals surface area contributed by atoms with E-state index in [2.05, 4.69) is 36.6 Å². The highest BCUT2D eigenvalue weighted by Gasteiger charge is 2.17. The first-order valence-electron chi connectivity index (χ1n) is 4.23. The summed E-state index contributed by atoms with van der Waals surface area (Å²) in [7, 11) is 1.28. The number of rotatable bonds is 3. The zero-order valence-electron chi connectivity index (χ0n) is 8.02. The van der Waals surface area contributed by atoms with Gasteiger partial charge in [-0.1, -0.05) is 15.9 Å². The summed E-state index contributed by atoms with van der Waals surface area (Å²) in [6, 6.07) is 3.05. The summed E-state index contributed by atoms with van der Waals surface area (Å²) in [5.74, 6) is -0.922. The van der Waals surface area contributed by atoms with E-state index in [1.54, 1.807) is 6.07 Å². The molecule has 0 aliphatic rings. The Morgan fingerprint density at radius 3 is 2.73 bits per heavy atom. The van der Waals surface area contributed by atoms with E-state index in [0.29, 0.717) is 21.8 Å². The van der Waals surface area contributed by atoms with Crippen LogP contribution in [-0.4, -0.2) is 18.4 Å². The molecule has 0 heterocycles. The number of hydrogen-bond donors (Lipinski definition) is 0. The van der Waals surface area contributed by atoms with Gasteiger partial charge in [0, 0.05) is 10.9 Å². The van der Waals surface area contributed by atoms with E-state index < -0.39 is 11.8 Å². The van der Waals surface area contributed by atoms with Crippen molar-refractivity contribution in [3.63, 3.8) is 0 Å². The van der Waals surface area contributed by atoms with Gasteiger partial charge < -0.3 is 4.74 Å². The average Bonchev–Trinajstić information content (AvgIpc) is 2.24. The van der Waals surface area contributed by atoms with Gasteiger partial charge in [-0.15, -0.1) is 0 Å². The fourth-order valence-corrected chi connectivity index (χ4v) is 2.00. The fraction of sp³-hybridized carbons (Fsp3) is 0.300. The Hall–Kier alpha value is -0.420. The van der Waals surface area contributed by atoms with E-state index in [1.165, 1.54) is 13.2 Å². The number of halogens is 3. The first-order chi connectivity index (χ1) is 7.11. The lowest BCUT2D eigenvalue weighted by Gasteiger charge is -2.08. The molecule has 15 heavy (non-hydrogen) atoms. The minimum Gasteiger partial charge on any atom is -0.465 e. The molecule has 0 saturated carbocycles. The van der Waals surface area contributed by atoms with Crippen molar-refractivity contribution in [2.24, 2.45) is 0 Å². The second-order valence-electron chi connectivity index (χ2n) is 2.82. The number of alkyl halides is 1. The Balaban J connectivity index is 3.26. The second kappa shape index (κ2) is 5.61. The van der Waals surface area contributed by atoms with Crippen molar-refractivity contribution in [1.29, 1.82) is 0 Å². The number of hydrogen-bond acceptors (Lipinski definition) is 2. The van der Waals surface area contributed by atoms with Gasteiger partial charge in [0.05, 0.1) is 17.1 Å². The van der Waals surface area contributed by atoms with Crippen molar-refractivity contribution in [2.75, 3.05) is 12.4 Å². The second-order valence-corrected chi connectivity index (χ2v) is 4.47. The molecule has 0 N–H and O–H groups in total. The van der Waals surface area contributed by atoms with Crippen LogP contribution in [0.15, 0.2) is 16.6 Å². The van der Waals surface area contributed by atoms with Gasteiger partial charge >= 0.3 is 5.97 Å². The van der Waals surface area contributed by atoms with Crippen molar-refractivity contribution in [3.05, 3.63) is 33.5 Å². The van der Waals surface area contributed by atoms with Gasteiger partial charge in [-0.05, 0) is 34.5 Å². The number of carbonyl (C=O) groups is 1. The quantitative estimate of drug-likeness (QED) is 0.623. The molecule has 0 spiro atoms. The molecule has 0 fully saturated rings. The van der Waals surface area contributed by atoms with Gasteiger partial charge in [0.15, 0.2) is 0 Å². The molecule has 2 nitrogen and oxygen atoms in total. The Bertz CT molecular complexity index is 380. The van der Waals surface area contributed by atoms with Crippen LogP contribution in [0.1, 0.15) is 15.9 Å². The van der Waals surface area contributed by atoms with Crippen LogP contribution in [0.4, 0.5) is 4.39 Å².